The summed E-state index contributed by atoms with van der Waals surface area (Å²) < 4.78 is 5.49. The zero-order valence-corrected chi connectivity index (χ0v) is 20.6. The molecule has 2 unspecified atom stereocenters. The van der Waals surface area contributed by atoms with Crippen molar-refractivity contribution in [3.05, 3.63) is 0 Å². The molecule has 0 aliphatic carbocycles. The first-order valence-corrected chi connectivity index (χ1v) is 8.88. The van der Waals surface area contributed by atoms with Crippen LogP contribution in [0.3, 0.4) is 0 Å². The molecule has 2 atom stereocenters. The van der Waals surface area contributed by atoms with Gasteiger partial charge in [0.2, 0.25) is 12.3 Å². The van der Waals surface area contributed by atoms with Gasteiger partial charge in [-0.25, -0.2) is 0 Å². The van der Waals surface area contributed by atoms with Crippen LogP contribution in [0.1, 0.15) is 61.3 Å². The molecule has 0 aromatic carbocycles. The van der Waals surface area contributed by atoms with Gasteiger partial charge < -0.3 is 43.7 Å². The Morgan fingerprint density at radius 2 is 1.54 bits per heavy atom. The molecular weight excluding hydrogens is 477 g/mol. The Labute approximate surface area is 189 Å². The van der Waals surface area contributed by atoms with Crippen LogP contribution in [0.15, 0.2) is 0 Å². The van der Waals surface area contributed by atoms with Crippen molar-refractivity contribution >= 4 is 37.5 Å². The fraction of sp³-hybridized carbons (Fsp3) is 0.778. The van der Waals surface area contributed by atoms with E-state index in [0.29, 0.717) is 6.42 Å². The van der Waals surface area contributed by atoms with Crippen molar-refractivity contribution in [1.82, 2.24) is 5.32 Å². The van der Waals surface area contributed by atoms with E-state index < -0.39 is 0 Å². The minimum atomic E-state index is -0.333. The molecule has 0 saturated carbocycles. The fourth-order valence-electron chi connectivity index (χ4n) is 1.45. The minimum absolute atomic E-state index is 0. The number of carbonyl (C=O) groups excluding carboxylic acids is 4. The van der Waals surface area contributed by atoms with Crippen LogP contribution in [0, 0.1) is 0 Å². The average molecular weight is 515 g/mol. The standard InChI is InChI=1S/C9H19NO2.C6H12OS.C2H5NO.CH3NO.Pd/c1-7(8(6-11)10-5)12-9(2,3)4;1-6(2,8)4-3-5-7;1-2(3)4;2-1-3;/h6-8,10H,1-5H3;5,8H,3-4H2,1-2H3;1H3,(H2,3,4);1H,(H2,2,3);/p-1. The number of aldehydes is 2. The molecule has 8 nitrogen and oxygen atoms in total. The molecule has 0 aromatic heterocycles. The molecule has 0 heterocycles. The molecule has 5 N–H and O–H groups in total. The summed E-state index contributed by atoms with van der Waals surface area (Å²) in [5.74, 6) is -0.333. The van der Waals surface area contributed by atoms with Gasteiger partial charge in [-0.1, -0.05) is 20.3 Å². The molecule has 10 heteroatoms. The number of carbonyl (C=O) groups is 4. The molecule has 0 fully saturated rings. The van der Waals surface area contributed by atoms with Crippen molar-refractivity contribution < 1.29 is 44.3 Å². The maximum Gasteiger partial charge on any atom is 0.214 e. The topological polar surface area (TPSA) is 142 Å². The van der Waals surface area contributed by atoms with E-state index >= 15 is 0 Å². The molecular formula is C18H38N3O5PdS-. The largest absolute Gasteiger partial charge is 0.786 e. The Morgan fingerprint density at radius 1 is 1.18 bits per heavy atom. The summed E-state index contributed by atoms with van der Waals surface area (Å²) in [6, 6.07) is -0.218. The second kappa shape index (κ2) is 22.5. The first-order chi connectivity index (χ1) is 12.1. The van der Waals surface area contributed by atoms with Crippen LogP contribution < -0.4 is 16.8 Å². The molecule has 0 aliphatic rings. The number of hydrogen-bond donors (Lipinski definition) is 3. The maximum absolute atomic E-state index is 10.5. The van der Waals surface area contributed by atoms with E-state index in [1.807, 2.05) is 41.5 Å². The van der Waals surface area contributed by atoms with Gasteiger partial charge in [0.15, 0.2) is 0 Å². The molecule has 172 valence electrons. The summed E-state index contributed by atoms with van der Waals surface area (Å²) in [5.41, 5.74) is 8.44. The third-order valence-corrected chi connectivity index (χ3v) is 2.59. The molecule has 2 amide bonds. The number of nitrogens with one attached hydrogen (secondary N) is 1. The molecule has 0 bridgehead atoms. The number of likely N-dealkylation sites (N-methyl/N-ethyl adjacent to an activating group) is 1. The average Bonchev–Trinajstić information content (AvgIpc) is 2.44. The van der Waals surface area contributed by atoms with Crippen molar-refractivity contribution in [2.75, 3.05) is 7.05 Å². The van der Waals surface area contributed by atoms with E-state index in [9.17, 15) is 14.4 Å². The zero-order chi connectivity index (χ0) is 22.7. The fourth-order valence-corrected chi connectivity index (χ4v) is 1.57. The first kappa shape index (κ1) is 37.9. The van der Waals surface area contributed by atoms with Crippen molar-refractivity contribution in [2.24, 2.45) is 11.5 Å². The second-order valence-electron chi connectivity index (χ2n) is 7.10. The summed E-state index contributed by atoms with van der Waals surface area (Å²) in [5, 5.41) is 2.88. The molecule has 0 aliphatic heterocycles. The van der Waals surface area contributed by atoms with Gasteiger partial charge in [-0.05, 0) is 34.7 Å². The van der Waals surface area contributed by atoms with Gasteiger partial charge in [0, 0.05) is 33.8 Å². The van der Waals surface area contributed by atoms with Crippen molar-refractivity contribution in [2.45, 2.75) is 83.8 Å². The number of primary amides is 2. The van der Waals surface area contributed by atoms with Gasteiger partial charge in [-0.3, -0.25) is 9.59 Å². The third-order valence-electron chi connectivity index (χ3n) is 2.39. The molecule has 0 aromatic rings. The van der Waals surface area contributed by atoms with Crippen LogP contribution in [-0.4, -0.2) is 54.4 Å². The van der Waals surface area contributed by atoms with Gasteiger partial charge >= 0.3 is 0 Å². The molecule has 0 spiro atoms. The molecule has 0 saturated heterocycles. The van der Waals surface area contributed by atoms with Crippen molar-refractivity contribution in [3.63, 3.8) is 0 Å². The second-order valence-corrected chi connectivity index (χ2v) is 8.20. The van der Waals surface area contributed by atoms with Gasteiger partial charge in [-0.15, -0.1) is 0 Å². The van der Waals surface area contributed by atoms with E-state index in [0.717, 1.165) is 19.0 Å². The van der Waals surface area contributed by atoms with Gasteiger partial charge in [0.1, 0.15) is 12.6 Å². The molecule has 0 rings (SSSR count). The number of hydrogen-bond acceptors (Lipinski definition) is 7. The molecule has 28 heavy (non-hydrogen) atoms. The van der Waals surface area contributed by atoms with Crippen LogP contribution in [0.25, 0.3) is 0 Å². The Morgan fingerprint density at radius 3 is 1.68 bits per heavy atom. The van der Waals surface area contributed by atoms with Gasteiger partial charge in [-0.2, -0.15) is 4.75 Å². The van der Waals surface area contributed by atoms with Crippen LogP contribution in [0.4, 0.5) is 0 Å². The van der Waals surface area contributed by atoms with E-state index in [4.69, 9.17) is 22.2 Å². The van der Waals surface area contributed by atoms with E-state index in [-0.39, 0.29) is 55.2 Å². The molecule has 0 radical (unpaired) electrons. The monoisotopic (exact) mass is 514 g/mol. The Hall–Kier alpha value is -0.788. The summed E-state index contributed by atoms with van der Waals surface area (Å²) in [4.78, 5) is 38.1. The SMILES string of the molecule is CC(C)([S-])CCC=O.CC(N)=O.CNC(C=O)C(C)OC(C)(C)C.NC=O.[Pd]. The van der Waals surface area contributed by atoms with Crippen LogP contribution in [0.2, 0.25) is 0 Å². The van der Waals surface area contributed by atoms with Crippen LogP contribution in [-0.2, 0) is 57.0 Å². The number of nitrogens with two attached hydrogens (primary N) is 2. The predicted molar refractivity (Wildman–Crippen MR) is 111 cm³/mol. The van der Waals surface area contributed by atoms with Gasteiger partial charge in [0.05, 0.1) is 17.7 Å². The number of rotatable bonds is 7. The van der Waals surface area contributed by atoms with Crippen molar-refractivity contribution in [1.29, 1.82) is 0 Å². The first-order valence-electron chi connectivity index (χ1n) is 8.47. The van der Waals surface area contributed by atoms with E-state index in [1.54, 1.807) is 7.05 Å². The van der Waals surface area contributed by atoms with Crippen LogP contribution >= 0.6 is 0 Å². The predicted octanol–water partition coefficient (Wildman–Crippen LogP) is 0.859. The minimum Gasteiger partial charge on any atom is -0.786 e. The maximum atomic E-state index is 10.5. The summed E-state index contributed by atoms with van der Waals surface area (Å²) in [6.45, 7) is 13.0. The Bertz CT molecular complexity index is 396. The summed E-state index contributed by atoms with van der Waals surface area (Å²) in [6.07, 6.45) is 3.35. The third kappa shape index (κ3) is 49.9. The Kier molecular flexibility index (Phi) is 30.5. The van der Waals surface area contributed by atoms with E-state index in [2.05, 4.69) is 16.8 Å². The smallest absolute Gasteiger partial charge is 0.214 e. The normalized spacial score (nSPS) is 11.9. The zero-order valence-electron chi connectivity index (χ0n) is 18.2. The van der Waals surface area contributed by atoms with Crippen LogP contribution in [0.5, 0.6) is 0 Å². The summed E-state index contributed by atoms with van der Waals surface area (Å²) in [7, 11) is 1.75. The van der Waals surface area contributed by atoms with Gasteiger partial charge in [0.25, 0.3) is 0 Å². The number of ether oxygens (including phenoxy) is 1. The van der Waals surface area contributed by atoms with E-state index in [1.165, 1.54) is 6.92 Å². The summed E-state index contributed by atoms with van der Waals surface area (Å²) >= 11 is 4.99. The van der Waals surface area contributed by atoms with Crippen molar-refractivity contribution in [3.8, 4) is 0 Å². The quantitative estimate of drug-likeness (QED) is 0.260. The Balaban J connectivity index is -0.0000000953. The number of amides is 2.